The standard InChI is InChI=1S/C26H21F3N6O/c27-15-9-18-19(13-32-24(18)20(28)10-15)23-14(12-30)8-21(29)25(35-23)33-16-4-3-5-17(11-16)34-26(36)22-6-1-2-7-31-22/h1-2,6-10,13,16-17,32H,3-5,11H2,(H,33,35)(H,34,36)/t16-,17+/m0/s1. The maximum absolute atomic E-state index is 14.9. The summed E-state index contributed by atoms with van der Waals surface area (Å²) >= 11 is 0. The van der Waals surface area contributed by atoms with Gasteiger partial charge in [0.25, 0.3) is 5.91 Å². The van der Waals surface area contributed by atoms with Crippen LogP contribution in [0, 0.1) is 28.8 Å². The summed E-state index contributed by atoms with van der Waals surface area (Å²) in [6.07, 6.45) is 5.82. The summed E-state index contributed by atoms with van der Waals surface area (Å²) in [4.78, 5) is 23.6. The van der Waals surface area contributed by atoms with Crippen LogP contribution < -0.4 is 10.6 Å². The van der Waals surface area contributed by atoms with Gasteiger partial charge in [0.05, 0.1) is 16.8 Å². The molecule has 0 spiro atoms. The van der Waals surface area contributed by atoms with E-state index in [4.69, 9.17) is 0 Å². The van der Waals surface area contributed by atoms with Gasteiger partial charge in [-0.2, -0.15) is 5.26 Å². The predicted molar refractivity (Wildman–Crippen MR) is 127 cm³/mol. The Labute approximate surface area is 204 Å². The lowest BCUT2D eigenvalue weighted by Gasteiger charge is -2.30. The van der Waals surface area contributed by atoms with Crippen LogP contribution in [0.3, 0.4) is 0 Å². The summed E-state index contributed by atoms with van der Waals surface area (Å²) < 4.78 is 43.0. The van der Waals surface area contributed by atoms with E-state index in [9.17, 15) is 23.2 Å². The molecule has 1 aliphatic rings. The third-order valence-corrected chi connectivity index (χ3v) is 6.31. The molecule has 0 unspecified atom stereocenters. The highest BCUT2D eigenvalue weighted by atomic mass is 19.1. The second kappa shape index (κ2) is 9.70. The van der Waals surface area contributed by atoms with Crippen LogP contribution in [-0.2, 0) is 0 Å². The normalized spacial score (nSPS) is 17.5. The van der Waals surface area contributed by atoms with E-state index in [1.54, 1.807) is 24.4 Å². The van der Waals surface area contributed by atoms with E-state index in [1.165, 1.54) is 6.20 Å². The maximum atomic E-state index is 14.9. The van der Waals surface area contributed by atoms with Crippen LogP contribution in [0.4, 0.5) is 19.0 Å². The Morgan fingerprint density at radius 1 is 1.11 bits per heavy atom. The number of nitriles is 1. The van der Waals surface area contributed by atoms with Crippen molar-refractivity contribution in [2.45, 2.75) is 37.8 Å². The van der Waals surface area contributed by atoms with E-state index >= 15 is 0 Å². The molecule has 36 heavy (non-hydrogen) atoms. The fourth-order valence-corrected chi connectivity index (χ4v) is 4.63. The monoisotopic (exact) mass is 490 g/mol. The highest BCUT2D eigenvalue weighted by molar-refractivity contribution is 5.96. The fourth-order valence-electron chi connectivity index (χ4n) is 4.63. The Balaban J connectivity index is 1.39. The molecule has 1 fully saturated rings. The van der Waals surface area contributed by atoms with E-state index in [0.29, 0.717) is 12.1 Å². The zero-order valence-corrected chi connectivity index (χ0v) is 19.0. The van der Waals surface area contributed by atoms with Gasteiger partial charge >= 0.3 is 0 Å². The van der Waals surface area contributed by atoms with Crippen molar-refractivity contribution in [3.63, 3.8) is 0 Å². The van der Waals surface area contributed by atoms with Gasteiger partial charge in [0.15, 0.2) is 11.6 Å². The average Bonchev–Trinajstić information content (AvgIpc) is 3.29. The molecule has 0 aliphatic heterocycles. The Kier molecular flexibility index (Phi) is 6.29. The van der Waals surface area contributed by atoms with Crippen LogP contribution in [-0.4, -0.2) is 32.9 Å². The number of halogens is 3. The number of benzene rings is 1. The van der Waals surface area contributed by atoms with Crippen molar-refractivity contribution in [2.24, 2.45) is 0 Å². The first-order valence-corrected chi connectivity index (χ1v) is 11.5. The molecule has 4 aromatic rings. The molecule has 0 radical (unpaired) electrons. The van der Waals surface area contributed by atoms with Crippen molar-refractivity contribution in [3.05, 3.63) is 77.5 Å². The number of pyridine rings is 2. The smallest absolute Gasteiger partial charge is 0.270 e. The van der Waals surface area contributed by atoms with Crippen molar-refractivity contribution < 1.29 is 18.0 Å². The SMILES string of the molecule is N#Cc1cc(F)c(N[C@H]2CCC[C@@H](NC(=O)c3ccccn3)C2)nc1-c1c[nH]c2c(F)cc(F)cc12. The number of amides is 1. The van der Waals surface area contributed by atoms with Crippen LogP contribution in [0.25, 0.3) is 22.2 Å². The van der Waals surface area contributed by atoms with Crippen molar-refractivity contribution in [2.75, 3.05) is 5.32 Å². The lowest BCUT2D eigenvalue weighted by molar-refractivity contribution is 0.0921. The number of hydrogen-bond donors (Lipinski definition) is 3. The number of carbonyl (C=O) groups excluding carboxylic acids is 1. The van der Waals surface area contributed by atoms with Crippen LogP contribution in [0.1, 0.15) is 41.7 Å². The van der Waals surface area contributed by atoms with Crippen molar-refractivity contribution in [1.82, 2.24) is 20.3 Å². The molecule has 10 heteroatoms. The first-order chi connectivity index (χ1) is 17.4. The largest absolute Gasteiger partial charge is 0.365 e. The summed E-state index contributed by atoms with van der Waals surface area (Å²) in [5.41, 5.74) is 0.715. The average molecular weight is 490 g/mol. The van der Waals surface area contributed by atoms with E-state index in [2.05, 4.69) is 25.6 Å². The molecule has 3 heterocycles. The first-order valence-electron chi connectivity index (χ1n) is 11.5. The molecule has 1 amide bonds. The Morgan fingerprint density at radius 3 is 2.72 bits per heavy atom. The van der Waals surface area contributed by atoms with Crippen molar-refractivity contribution in [1.29, 1.82) is 5.26 Å². The number of nitrogens with one attached hydrogen (secondary N) is 3. The number of hydrogen-bond acceptors (Lipinski definition) is 5. The highest BCUT2D eigenvalue weighted by Gasteiger charge is 2.26. The van der Waals surface area contributed by atoms with E-state index in [-0.39, 0.29) is 51.5 Å². The maximum Gasteiger partial charge on any atom is 0.270 e. The molecule has 0 bridgehead atoms. The lowest BCUT2D eigenvalue weighted by atomic mass is 9.90. The molecule has 5 rings (SSSR count). The zero-order valence-electron chi connectivity index (χ0n) is 19.0. The van der Waals surface area contributed by atoms with Gasteiger partial charge in [0.1, 0.15) is 23.4 Å². The number of aromatic nitrogens is 3. The Morgan fingerprint density at radius 2 is 1.94 bits per heavy atom. The molecule has 1 saturated carbocycles. The van der Waals surface area contributed by atoms with Crippen LogP contribution in [0.5, 0.6) is 0 Å². The van der Waals surface area contributed by atoms with Gasteiger partial charge < -0.3 is 15.6 Å². The first kappa shape index (κ1) is 23.4. The molecule has 0 saturated heterocycles. The second-order valence-electron chi connectivity index (χ2n) is 8.73. The Hall–Kier alpha value is -4.39. The van der Waals surface area contributed by atoms with Crippen LogP contribution in [0.15, 0.2) is 48.8 Å². The molecule has 2 atom stereocenters. The molecule has 3 aromatic heterocycles. The number of aromatic amines is 1. The second-order valence-corrected chi connectivity index (χ2v) is 8.73. The van der Waals surface area contributed by atoms with Gasteiger partial charge in [0, 0.05) is 41.5 Å². The summed E-state index contributed by atoms with van der Waals surface area (Å²) in [6, 6.07) is 9.64. The third-order valence-electron chi connectivity index (χ3n) is 6.31. The fraction of sp³-hybridized carbons (Fsp3) is 0.231. The molecular weight excluding hydrogens is 469 g/mol. The minimum atomic E-state index is -0.781. The topological polar surface area (TPSA) is 106 Å². The van der Waals surface area contributed by atoms with Crippen molar-refractivity contribution >= 4 is 22.6 Å². The summed E-state index contributed by atoms with van der Waals surface area (Å²) in [5, 5.41) is 15.8. The minimum absolute atomic E-state index is 0.0623. The van der Waals surface area contributed by atoms with E-state index < -0.39 is 17.5 Å². The molecule has 1 aromatic carbocycles. The van der Waals surface area contributed by atoms with Gasteiger partial charge in [0.2, 0.25) is 0 Å². The Bertz CT molecular complexity index is 1480. The number of fused-ring (bicyclic) bond motifs is 1. The third kappa shape index (κ3) is 4.60. The van der Waals surface area contributed by atoms with Crippen LogP contribution >= 0.6 is 0 Å². The number of carbonyl (C=O) groups is 1. The van der Waals surface area contributed by atoms with Crippen molar-refractivity contribution in [3.8, 4) is 17.3 Å². The molecular formula is C26H21F3N6O. The van der Waals surface area contributed by atoms with Gasteiger partial charge in [-0.05, 0) is 49.9 Å². The quantitative estimate of drug-likeness (QED) is 0.362. The number of H-pyrrole nitrogens is 1. The lowest BCUT2D eigenvalue weighted by Crippen LogP contribution is -2.42. The van der Waals surface area contributed by atoms with Gasteiger partial charge in [-0.15, -0.1) is 0 Å². The van der Waals surface area contributed by atoms with E-state index in [0.717, 1.165) is 37.5 Å². The van der Waals surface area contributed by atoms with E-state index in [1.807, 2.05) is 6.07 Å². The summed E-state index contributed by atoms with van der Waals surface area (Å²) in [5.74, 6) is -2.62. The summed E-state index contributed by atoms with van der Waals surface area (Å²) in [7, 11) is 0. The zero-order chi connectivity index (χ0) is 25.2. The predicted octanol–water partition coefficient (Wildman–Crippen LogP) is 5.07. The molecule has 3 N–H and O–H groups in total. The van der Waals surface area contributed by atoms with Gasteiger partial charge in [-0.1, -0.05) is 6.07 Å². The highest BCUT2D eigenvalue weighted by Crippen LogP contribution is 2.34. The van der Waals surface area contributed by atoms with Crippen LogP contribution in [0.2, 0.25) is 0 Å². The molecule has 182 valence electrons. The van der Waals surface area contributed by atoms with Gasteiger partial charge in [-0.25, -0.2) is 18.2 Å². The number of rotatable bonds is 5. The summed E-state index contributed by atoms with van der Waals surface area (Å²) in [6.45, 7) is 0. The number of nitrogens with zero attached hydrogens (tertiary/aromatic N) is 3. The molecule has 1 aliphatic carbocycles. The molecule has 7 nitrogen and oxygen atoms in total. The minimum Gasteiger partial charge on any atom is -0.365 e. The number of anilines is 1. The van der Waals surface area contributed by atoms with Gasteiger partial charge in [-0.3, -0.25) is 9.78 Å².